The molecule has 172 valence electrons. The normalized spacial score (nSPS) is 21.8. The number of hydrogen-bond donors (Lipinski definition) is 0. The lowest BCUT2D eigenvalue weighted by Crippen LogP contribution is -2.61. The highest BCUT2D eigenvalue weighted by Gasteiger charge is 2.49. The molecule has 2 aromatic carbocycles. The Bertz CT molecular complexity index is 968. The van der Waals surface area contributed by atoms with E-state index in [0.717, 1.165) is 54.9 Å². The van der Waals surface area contributed by atoms with Gasteiger partial charge in [0.2, 0.25) is 0 Å². The van der Waals surface area contributed by atoms with E-state index in [1.165, 1.54) is 18.6 Å². The number of likely N-dealkylation sites (tertiary alicyclic amines) is 1. The summed E-state index contributed by atoms with van der Waals surface area (Å²) in [4.78, 5) is 17.8. The van der Waals surface area contributed by atoms with Crippen molar-refractivity contribution >= 4 is 11.5 Å². The van der Waals surface area contributed by atoms with E-state index in [9.17, 15) is 18.0 Å². The molecule has 1 atom stereocenters. The number of nitrogens with zero attached hydrogens (tertiary/aromatic N) is 2. The van der Waals surface area contributed by atoms with Crippen LogP contribution in [0.3, 0.4) is 0 Å². The van der Waals surface area contributed by atoms with E-state index in [1.54, 1.807) is 14.0 Å². The Morgan fingerprint density at radius 3 is 2.31 bits per heavy atom. The number of rotatable bonds is 5. The van der Waals surface area contributed by atoms with Crippen LogP contribution >= 0.6 is 0 Å². The number of piperidine rings is 1. The van der Waals surface area contributed by atoms with E-state index in [4.69, 9.17) is 4.74 Å². The third kappa shape index (κ3) is 3.98. The van der Waals surface area contributed by atoms with Crippen LogP contribution in [0.5, 0.6) is 5.75 Å². The average Bonchev–Trinajstić information content (AvgIpc) is 2.79. The summed E-state index contributed by atoms with van der Waals surface area (Å²) in [5.41, 5.74) is 0.842. The van der Waals surface area contributed by atoms with Crippen molar-refractivity contribution in [1.29, 1.82) is 0 Å². The van der Waals surface area contributed by atoms with Gasteiger partial charge < -0.3 is 14.5 Å². The molecule has 4 nitrogen and oxygen atoms in total. The van der Waals surface area contributed by atoms with Crippen LogP contribution in [-0.4, -0.2) is 44.0 Å². The highest BCUT2D eigenvalue weighted by molar-refractivity contribution is 5.93. The van der Waals surface area contributed by atoms with Crippen LogP contribution in [-0.2, 0) is 22.9 Å². The number of hydrogen-bond acceptors (Lipinski definition) is 4. The molecule has 4 rings (SSSR count). The summed E-state index contributed by atoms with van der Waals surface area (Å²) in [7, 11) is 1.62. The zero-order valence-electron chi connectivity index (χ0n) is 18.5. The second-order valence-electron chi connectivity index (χ2n) is 8.69. The summed E-state index contributed by atoms with van der Waals surface area (Å²) in [6.07, 6.45) is -0.406. The number of ether oxygens (including phenoxy) is 1. The van der Waals surface area contributed by atoms with Gasteiger partial charge in [-0.25, -0.2) is 0 Å². The number of anilines is 1. The molecule has 1 saturated heterocycles. The van der Waals surface area contributed by atoms with Gasteiger partial charge in [0.1, 0.15) is 11.3 Å². The first-order valence-electron chi connectivity index (χ1n) is 11.1. The van der Waals surface area contributed by atoms with Gasteiger partial charge in [-0.3, -0.25) is 4.79 Å². The largest absolute Gasteiger partial charge is 0.496 e. The third-order valence-corrected chi connectivity index (χ3v) is 6.83. The van der Waals surface area contributed by atoms with Crippen LogP contribution in [0.4, 0.5) is 18.9 Å². The monoisotopic (exact) mass is 446 g/mol. The summed E-state index contributed by atoms with van der Waals surface area (Å²) in [5, 5.41) is 0. The fraction of sp³-hybridized carbons (Fsp3) is 0.480. The lowest BCUT2D eigenvalue weighted by molar-refractivity contribution is -0.137. The zero-order chi connectivity index (χ0) is 22.9. The number of methoxy groups -OCH3 is 1. The van der Waals surface area contributed by atoms with E-state index in [0.29, 0.717) is 25.2 Å². The Balaban J connectivity index is 1.85. The predicted octanol–water partition coefficient (Wildman–Crippen LogP) is 5.05. The summed E-state index contributed by atoms with van der Waals surface area (Å²) in [6, 6.07) is 10.9. The van der Waals surface area contributed by atoms with Crippen LogP contribution in [0.2, 0.25) is 0 Å². The molecule has 2 aliphatic rings. The highest BCUT2D eigenvalue weighted by atomic mass is 19.4. The Morgan fingerprint density at radius 2 is 1.72 bits per heavy atom. The number of carbonyl (C=O) groups excluding carboxylic acids is 1. The minimum Gasteiger partial charge on any atom is -0.496 e. The number of carbonyl (C=O) groups is 1. The van der Waals surface area contributed by atoms with Gasteiger partial charge in [0, 0.05) is 24.3 Å². The molecule has 0 N–H and O–H groups in total. The van der Waals surface area contributed by atoms with Gasteiger partial charge in [0.15, 0.2) is 5.78 Å². The topological polar surface area (TPSA) is 32.8 Å². The van der Waals surface area contributed by atoms with Gasteiger partial charge in [0.25, 0.3) is 0 Å². The minimum atomic E-state index is -4.40. The quantitative estimate of drug-likeness (QED) is 0.644. The third-order valence-electron chi connectivity index (χ3n) is 6.83. The molecule has 0 spiro atoms. The summed E-state index contributed by atoms with van der Waals surface area (Å²) >= 11 is 0. The highest BCUT2D eigenvalue weighted by Crippen LogP contribution is 2.44. The molecule has 0 aliphatic carbocycles. The van der Waals surface area contributed by atoms with Crippen molar-refractivity contribution in [2.45, 2.75) is 44.3 Å². The number of benzene rings is 2. The molecule has 1 unspecified atom stereocenters. The van der Waals surface area contributed by atoms with Crippen molar-refractivity contribution in [3.05, 3.63) is 59.2 Å². The van der Waals surface area contributed by atoms with Crippen LogP contribution in [0.25, 0.3) is 0 Å². The second-order valence-corrected chi connectivity index (χ2v) is 8.69. The first-order valence-corrected chi connectivity index (χ1v) is 11.1. The number of Topliss-reactive ketones (excluding diaryl/α,β-unsaturated/α-hetero) is 1. The maximum Gasteiger partial charge on any atom is 0.416 e. The first-order chi connectivity index (χ1) is 15.3. The molecule has 0 bridgehead atoms. The van der Waals surface area contributed by atoms with E-state index >= 15 is 0 Å². The van der Waals surface area contributed by atoms with Gasteiger partial charge in [-0.2, -0.15) is 13.2 Å². The van der Waals surface area contributed by atoms with Crippen molar-refractivity contribution in [1.82, 2.24) is 4.90 Å². The maximum atomic E-state index is 13.5. The number of halogens is 3. The smallest absolute Gasteiger partial charge is 0.416 e. The maximum absolute atomic E-state index is 13.5. The van der Waals surface area contributed by atoms with Crippen molar-refractivity contribution in [3.63, 3.8) is 0 Å². The molecule has 0 aromatic heterocycles. The average molecular weight is 447 g/mol. The Hall–Kier alpha value is -2.54. The van der Waals surface area contributed by atoms with Gasteiger partial charge in [0.05, 0.1) is 12.7 Å². The minimum absolute atomic E-state index is 0.0165. The van der Waals surface area contributed by atoms with E-state index < -0.39 is 17.3 Å². The number of fused-ring (bicyclic) bond motifs is 1. The summed E-state index contributed by atoms with van der Waals surface area (Å²) < 4.78 is 45.0. The van der Waals surface area contributed by atoms with Crippen LogP contribution in [0.15, 0.2) is 42.5 Å². The zero-order valence-corrected chi connectivity index (χ0v) is 18.5. The molecule has 0 saturated carbocycles. The molecular formula is C25H29F3N2O2. The predicted molar refractivity (Wildman–Crippen MR) is 118 cm³/mol. The lowest BCUT2D eigenvalue weighted by Gasteiger charge is -2.50. The molecule has 7 heteroatoms. The van der Waals surface area contributed by atoms with Gasteiger partial charge in [-0.15, -0.1) is 0 Å². The number of alkyl halides is 3. The first kappa shape index (κ1) is 22.6. The van der Waals surface area contributed by atoms with Crippen molar-refractivity contribution < 1.29 is 22.7 Å². The molecular weight excluding hydrogens is 417 g/mol. The van der Waals surface area contributed by atoms with Crippen molar-refractivity contribution in [2.24, 2.45) is 0 Å². The van der Waals surface area contributed by atoms with Gasteiger partial charge in [-0.05, 0) is 75.2 Å². The van der Waals surface area contributed by atoms with Gasteiger partial charge in [-0.1, -0.05) is 18.6 Å². The standard InChI is InChI=1S/C25H29F3N2O2/c1-18(31)24(17-29-14-4-3-5-15-29)22-7-6-8-23(32-2)21(22)13-16-30(24)20-11-9-19(10-12-20)25(26,27)28/h6-12H,3-5,13-17H2,1-2H3. The van der Waals surface area contributed by atoms with E-state index in [1.807, 2.05) is 23.1 Å². The van der Waals surface area contributed by atoms with Crippen LogP contribution < -0.4 is 9.64 Å². The lowest BCUT2D eigenvalue weighted by atomic mass is 9.76. The fourth-order valence-corrected chi connectivity index (χ4v) is 5.24. The molecule has 2 heterocycles. The Labute approximate surface area is 187 Å². The van der Waals surface area contributed by atoms with Crippen LogP contribution in [0, 0.1) is 0 Å². The van der Waals surface area contributed by atoms with Crippen molar-refractivity contribution in [3.8, 4) is 5.75 Å². The Morgan fingerprint density at radius 1 is 1.03 bits per heavy atom. The molecule has 32 heavy (non-hydrogen) atoms. The van der Waals surface area contributed by atoms with E-state index in [-0.39, 0.29) is 5.78 Å². The summed E-state index contributed by atoms with van der Waals surface area (Å²) in [6.45, 7) is 4.44. The fourth-order valence-electron chi connectivity index (χ4n) is 5.24. The number of ketones is 1. The van der Waals surface area contributed by atoms with Crippen molar-refractivity contribution in [2.75, 3.05) is 38.2 Å². The SMILES string of the molecule is COc1cccc2c1CCN(c1ccc(C(F)(F)F)cc1)C2(CN1CCCCC1)C(C)=O. The van der Waals surface area contributed by atoms with E-state index in [2.05, 4.69) is 4.90 Å². The van der Waals surface area contributed by atoms with Gasteiger partial charge >= 0.3 is 6.18 Å². The molecule has 2 aromatic rings. The van der Waals surface area contributed by atoms with Crippen LogP contribution in [0.1, 0.15) is 42.9 Å². The Kier molecular flexibility index (Phi) is 6.21. The molecule has 0 amide bonds. The summed E-state index contributed by atoms with van der Waals surface area (Å²) in [5.74, 6) is 0.732. The molecule has 2 aliphatic heterocycles. The molecule has 0 radical (unpaired) electrons. The second kappa shape index (κ2) is 8.77. The molecule has 1 fully saturated rings.